The Bertz CT molecular complexity index is 1200. The van der Waals surface area contributed by atoms with Crippen LogP contribution in [0.25, 0.3) is 0 Å². The molecule has 0 aromatic heterocycles. The molecule has 0 spiro atoms. The van der Waals surface area contributed by atoms with Crippen LogP contribution in [0.1, 0.15) is 94.9 Å². The summed E-state index contributed by atoms with van der Waals surface area (Å²) < 4.78 is 37.2. The molecular formula is C37H68N2O13. The zero-order valence-electron chi connectivity index (χ0n) is 33.4. The molecule has 52 heavy (non-hydrogen) atoms. The Kier molecular flexibility index (Phi) is 15.1. The molecule has 6 N–H and O–H groups in total. The number of likely N-dealkylation sites (N-methyl/N-ethyl adjacent to an activating group) is 1. The number of carbonyl (C=O) groups is 1. The number of esters is 1. The van der Waals surface area contributed by atoms with E-state index in [0.29, 0.717) is 6.42 Å². The number of nitrogens with zero attached hydrogens (tertiary/aromatic N) is 2. The molecule has 0 saturated carbocycles. The lowest BCUT2D eigenvalue weighted by Crippen LogP contribution is -2.61. The number of aliphatic hydroxyl groups excluding tert-OH is 3. The van der Waals surface area contributed by atoms with Gasteiger partial charge in [0.15, 0.2) is 12.6 Å². The number of rotatable bonds is 7. The molecule has 0 radical (unpaired) electrons. The van der Waals surface area contributed by atoms with Gasteiger partial charge in [-0.3, -0.25) is 4.79 Å². The lowest BCUT2D eigenvalue weighted by atomic mass is 9.73. The first-order valence-corrected chi connectivity index (χ1v) is 18.7. The van der Waals surface area contributed by atoms with Crippen LogP contribution in [0.5, 0.6) is 0 Å². The summed E-state index contributed by atoms with van der Waals surface area (Å²) in [6.07, 6.45) is -9.51. The van der Waals surface area contributed by atoms with E-state index in [1.807, 2.05) is 25.9 Å². The first-order chi connectivity index (χ1) is 24.0. The van der Waals surface area contributed by atoms with Crippen molar-refractivity contribution in [3.63, 3.8) is 0 Å². The Morgan fingerprint density at radius 2 is 1.54 bits per heavy atom. The van der Waals surface area contributed by atoms with Crippen LogP contribution >= 0.6 is 0 Å². The van der Waals surface area contributed by atoms with Crippen molar-refractivity contribution in [3.8, 4) is 0 Å². The fourth-order valence-corrected chi connectivity index (χ4v) is 8.61. The van der Waals surface area contributed by atoms with Gasteiger partial charge >= 0.3 is 5.97 Å². The molecule has 3 aliphatic rings. The summed E-state index contributed by atoms with van der Waals surface area (Å²) in [5.41, 5.74) is -4.68. The van der Waals surface area contributed by atoms with E-state index in [1.54, 1.807) is 55.4 Å². The summed E-state index contributed by atoms with van der Waals surface area (Å²) in [7, 11) is 5.19. The van der Waals surface area contributed by atoms with Gasteiger partial charge in [0, 0.05) is 37.3 Å². The second kappa shape index (κ2) is 17.5. The maximum atomic E-state index is 14.1. The molecule has 0 bridgehead atoms. The van der Waals surface area contributed by atoms with Crippen LogP contribution in [0.15, 0.2) is 5.16 Å². The molecule has 0 aromatic rings. The first-order valence-electron chi connectivity index (χ1n) is 18.7. The smallest absolute Gasteiger partial charge is 0.311 e. The van der Waals surface area contributed by atoms with Crippen LogP contribution in [0, 0.1) is 23.7 Å². The molecule has 0 amide bonds. The van der Waals surface area contributed by atoms with Gasteiger partial charge in [0.2, 0.25) is 0 Å². The molecule has 3 aliphatic heterocycles. The van der Waals surface area contributed by atoms with Gasteiger partial charge in [-0.25, -0.2) is 0 Å². The molecule has 15 heteroatoms. The van der Waals surface area contributed by atoms with E-state index < -0.39 is 102 Å². The summed E-state index contributed by atoms with van der Waals surface area (Å²) in [5.74, 6) is -4.24. The topological polar surface area (TPSA) is 209 Å². The van der Waals surface area contributed by atoms with Gasteiger partial charge in [-0.1, -0.05) is 32.9 Å². The Hall–Kier alpha value is -1.50. The SMILES string of the molecule is CC[C@H]1OC(=O)[C@H](C)[C@H](O[C@@H]2C[C@](C)(OC)[C@H](O)[C@@H](C)O2)[C@@H](C)[C@H](O[C@H]2O[C@H](C)C[C@H](N(C)C)[C@H]2O)[C@](C)(O)C[C@H](C)/C(=N\O)[C@@H](C)[C@@H](O)[C@@]1(C)O. The fraction of sp³-hybridized carbons (Fsp3) is 0.946. The molecule has 3 fully saturated rings. The third kappa shape index (κ3) is 9.47. The quantitative estimate of drug-likeness (QED) is 0.125. The summed E-state index contributed by atoms with van der Waals surface area (Å²) in [4.78, 5) is 16.0. The zero-order valence-corrected chi connectivity index (χ0v) is 33.4. The maximum Gasteiger partial charge on any atom is 0.311 e. The molecule has 304 valence electrons. The number of hydrogen-bond donors (Lipinski definition) is 6. The van der Waals surface area contributed by atoms with Crippen LogP contribution in [-0.2, 0) is 33.2 Å². The molecule has 0 aliphatic carbocycles. The van der Waals surface area contributed by atoms with Crippen LogP contribution in [0.4, 0.5) is 0 Å². The summed E-state index contributed by atoms with van der Waals surface area (Å²) in [5, 5.41) is 71.8. The average molecular weight is 749 g/mol. The van der Waals surface area contributed by atoms with Crippen molar-refractivity contribution in [1.29, 1.82) is 0 Å². The van der Waals surface area contributed by atoms with Crippen LogP contribution < -0.4 is 0 Å². The van der Waals surface area contributed by atoms with E-state index in [9.17, 15) is 35.5 Å². The molecule has 18 atom stereocenters. The van der Waals surface area contributed by atoms with Crippen LogP contribution in [0.2, 0.25) is 0 Å². The Morgan fingerprint density at radius 1 is 0.923 bits per heavy atom. The molecule has 0 aromatic carbocycles. The number of aliphatic hydroxyl groups is 5. The van der Waals surface area contributed by atoms with Gasteiger partial charge in [0.05, 0.1) is 53.4 Å². The lowest BCUT2D eigenvalue weighted by Gasteiger charge is -2.49. The van der Waals surface area contributed by atoms with E-state index in [4.69, 9.17) is 28.4 Å². The average Bonchev–Trinajstić information content (AvgIpc) is 3.06. The van der Waals surface area contributed by atoms with Crippen molar-refractivity contribution in [2.75, 3.05) is 21.2 Å². The predicted molar refractivity (Wildman–Crippen MR) is 190 cm³/mol. The minimum absolute atomic E-state index is 0.0657. The summed E-state index contributed by atoms with van der Waals surface area (Å²) in [6.45, 7) is 16.6. The van der Waals surface area contributed by atoms with Gasteiger partial charge in [-0.05, 0) is 74.9 Å². The van der Waals surface area contributed by atoms with Crippen molar-refractivity contribution >= 4 is 11.7 Å². The van der Waals surface area contributed by atoms with Crippen molar-refractivity contribution in [1.82, 2.24) is 4.90 Å². The molecular weight excluding hydrogens is 680 g/mol. The van der Waals surface area contributed by atoms with Gasteiger partial charge < -0.3 is 64.1 Å². The number of cyclic esters (lactones) is 1. The van der Waals surface area contributed by atoms with E-state index in [-0.39, 0.29) is 37.1 Å². The Labute approximate surface area is 309 Å². The Morgan fingerprint density at radius 3 is 2.08 bits per heavy atom. The minimum Gasteiger partial charge on any atom is -0.459 e. The van der Waals surface area contributed by atoms with Gasteiger partial charge in [-0.15, -0.1) is 0 Å². The molecule has 3 saturated heterocycles. The largest absolute Gasteiger partial charge is 0.459 e. The highest BCUT2D eigenvalue weighted by Gasteiger charge is 2.53. The highest BCUT2D eigenvalue weighted by Crippen LogP contribution is 2.41. The fourth-order valence-electron chi connectivity index (χ4n) is 8.61. The standard InChI is InChI=1S/C37H68N2O13/c1-14-25-37(10,45)30(41)20(4)27(38-46)18(2)16-35(8,44)32(52-34-28(40)24(39(11)12)15-19(3)48-34)21(5)29(22(6)33(43)50-25)51-26-17-36(9,47-13)31(42)23(7)49-26/h18-26,28-32,34,40-42,44-46H,14-17H2,1-13H3/b38-27+/t18-,19+,20+,21+,22+,23+,24-,25+,26+,28+,29+,30+,31+,32-,34+,35+,36-,37-/m0/s1. The highest BCUT2D eigenvalue weighted by atomic mass is 16.7. The van der Waals surface area contributed by atoms with Crippen molar-refractivity contribution in [3.05, 3.63) is 0 Å². The van der Waals surface area contributed by atoms with Gasteiger partial charge in [-0.2, -0.15) is 0 Å². The number of carbonyl (C=O) groups excluding carboxylic acids is 1. The molecule has 3 rings (SSSR count). The second-order valence-corrected chi connectivity index (χ2v) is 16.6. The highest BCUT2D eigenvalue weighted by molar-refractivity contribution is 5.88. The number of oxime groups is 1. The van der Waals surface area contributed by atoms with Crippen LogP contribution in [-0.4, -0.2) is 153 Å². The monoisotopic (exact) mass is 748 g/mol. The zero-order chi connectivity index (χ0) is 39.7. The Balaban J connectivity index is 2.21. The predicted octanol–water partition coefficient (Wildman–Crippen LogP) is 2.05. The minimum atomic E-state index is -1.97. The van der Waals surface area contributed by atoms with E-state index in [2.05, 4.69) is 5.16 Å². The van der Waals surface area contributed by atoms with Gasteiger partial charge in [0.1, 0.15) is 23.9 Å². The van der Waals surface area contributed by atoms with Crippen LogP contribution in [0.3, 0.4) is 0 Å². The van der Waals surface area contributed by atoms with Gasteiger partial charge in [0.25, 0.3) is 0 Å². The molecule has 3 heterocycles. The normalized spacial score (nSPS) is 49.8. The molecule has 0 unspecified atom stereocenters. The summed E-state index contributed by atoms with van der Waals surface area (Å²) >= 11 is 0. The van der Waals surface area contributed by atoms with E-state index in [0.717, 1.165) is 0 Å². The third-order valence-electron chi connectivity index (χ3n) is 12.0. The second-order valence-electron chi connectivity index (χ2n) is 16.6. The number of ether oxygens (including phenoxy) is 6. The number of hydrogen-bond acceptors (Lipinski definition) is 15. The summed E-state index contributed by atoms with van der Waals surface area (Å²) in [6, 6.07) is -0.322. The van der Waals surface area contributed by atoms with Crippen molar-refractivity contribution in [2.24, 2.45) is 28.8 Å². The van der Waals surface area contributed by atoms with Crippen molar-refractivity contribution in [2.45, 2.75) is 179 Å². The maximum absolute atomic E-state index is 14.1. The molecule has 15 nitrogen and oxygen atoms in total. The van der Waals surface area contributed by atoms with E-state index in [1.165, 1.54) is 14.0 Å². The third-order valence-corrected chi connectivity index (χ3v) is 12.0. The van der Waals surface area contributed by atoms with E-state index >= 15 is 0 Å². The van der Waals surface area contributed by atoms with Crippen molar-refractivity contribution < 1.29 is 64.0 Å². The lowest BCUT2D eigenvalue weighted by molar-refractivity contribution is -0.317. The number of methoxy groups -OCH3 is 1. The first kappa shape index (κ1) is 44.9.